The second kappa shape index (κ2) is 5.93. The van der Waals surface area contributed by atoms with Crippen molar-refractivity contribution in [2.45, 2.75) is 26.3 Å². The zero-order chi connectivity index (χ0) is 13.6. The van der Waals surface area contributed by atoms with Gasteiger partial charge in [0.1, 0.15) is 11.8 Å². The Morgan fingerprint density at radius 3 is 2.33 bits per heavy atom. The lowest BCUT2D eigenvalue weighted by atomic mass is 9.88. The molecule has 94 valence electrons. The van der Waals surface area contributed by atoms with Gasteiger partial charge in [0.2, 0.25) is 0 Å². The highest BCUT2D eigenvalue weighted by Gasteiger charge is 2.22. The van der Waals surface area contributed by atoms with Gasteiger partial charge in [-0.1, -0.05) is 0 Å². The number of rotatable bonds is 5. The third-order valence-corrected chi connectivity index (χ3v) is 2.60. The second-order valence-corrected chi connectivity index (χ2v) is 4.75. The quantitative estimate of drug-likeness (QED) is 0.863. The van der Waals surface area contributed by atoms with E-state index in [9.17, 15) is 0 Å². The number of ether oxygens (including phenoxy) is 1. The maximum Gasteiger partial charge on any atom is 0.119 e. The summed E-state index contributed by atoms with van der Waals surface area (Å²) in [5.41, 5.74) is 0.330. The monoisotopic (exact) mass is 243 g/mol. The average molecular weight is 243 g/mol. The summed E-state index contributed by atoms with van der Waals surface area (Å²) in [6.45, 7) is 3.65. The second-order valence-electron chi connectivity index (χ2n) is 4.75. The molecule has 0 saturated carbocycles. The fourth-order valence-corrected chi connectivity index (χ4v) is 1.57. The van der Waals surface area contributed by atoms with Gasteiger partial charge in [0.25, 0.3) is 0 Å². The largest absolute Gasteiger partial charge is 0.497 e. The van der Waals surface area contributed by atoms with Gasteiger partial charge in [0.15, 0.2) is 0 Å². The minimum atomic E-state index is -0.514. The molecule has 1 N–H and O–H groups in total. The van der Waals surface area contributed by atoms with Crippen molar-refractivity contribution in [3.63, 3.8) is 0 Å². The Balaban J connectivity index is 2.69. The molecule has 1 rings (SSSR count). The van der Waals surface area contributed by atoms with E-state index in [1.165, 1.54) is 0 Å². The van der Waals surface area contributed by atoms with Crippen molar-refractivity contribution in [2.75, 3.05) is 12.4 Å². The molecule has 4 heteroatoms. The van der Waals surface area contributed by atoms with Crippen LogP contribution in [0.3, 0.4) is 0 Å². The van der Waals surface area contributed by atoms with E-state index in [4.69, 9.17) is 15.3 Å². The number of methoxy groups -OCH3 is 1. The standard InChI is InChI=1S/C14H17N3O/c1-14(2,10-16)8-12(9-15)17-11-4-6-13(18-3)7-5-11/h4-7,12,17H,8H2,1-3H3. The summed E-state index contributed by atoms with van der Waals surface area (Å²) >= 11 is 0. The van der Waals surface area contributed by atoms with E-state index in [1.54, 1.807) is 7.11 Å². The lowest BCUT2D eigenvalue weighted by Gasteiger charge is -2.20. The topological polar surface area (TPSA) is 68.8 Å². The predicted octanol–water partition coefficient (Wildman–Crippen LogP) is 2.94. The van der Waals surface area contributed by atoms with Crippen LogP contribution in [-0.4, -0.2) is 13.2 Å². The van der Waals surface area contributed by atoms with Gasteiger partial charge in [0, 0.05) is 5.69 Å². The molecule has 18 heavy (non-hydrogen) atoms. The lowest BCUT2D eigenvalue weighted by molar-refractivity contribution is 0.415. The molecule has 1 atom stereocenters. The summed E-state index contributed by atoms with van der Waals surface area (Å²) in [6.07, 6.45) is 0.478. The highest BCUT2D eigenvalue weighted by atomic mass is 16.5. The molecular weight excluding hydrogens is 226 g/mol. The van der Waals surface area contributed by atoms with Crippen LogP contribution in [0.1, 0.15) is 20.3 Å². The fraction of sp³-hybridized carbons (Fsp3) is 0.429. The van der Waals surface area contributed by atoms with Crippen LogP contribution in [0.4, 0.5) is 5.69 Å². The predicted molar refractivity (Wildman–Crippen MR) is 70.0 cm³/mol. The van der Waals surface area contributed by atoms with Crippen LogP contribution in [-0.2, 0) is 0 Å². The van der Waals surface area contributed by atoms with Crippen molar-refractivity contribution in [1.29, 1.82) is 10.5 Å². The Morgan fingerprint density at radius 1 is 1.28 bits per heavy atom. The number of nitrogens with zero attached hydrogens (tertiary/aromatic N) is 2. The molecular formula is C14H17N3O. The van der Waals surface area contributed by atoms with Gasteiger partial charge in [-0.3, -0.25) is 0 Å². The third kappa shape index (κ3) is 3.99. The van der Waals surface area contributed by atoms with Crippen LogP contribution in [0.25, 0.3) is 0 Å². The molecule has 0 spiro atoms. The maximum atomic E-state index is 9.10. The van der Waals surface area contributed by atoms with E-state index in [-0.39, 0.29) is 6.04 Å². The lowest BCUT2D eigenvalue weighted by Crippen LogP contribution is -2.24. The van der Waals surface area contributed by atoms with Crippen molar-refractivity contribution in [1.82, 2.24) is 0 Å². The van der Waals surface area contributed by atoms with E-state index in [2.05, 4.69) is 17.5 Å². The van der Waals surface area contributed by atoms with Gasteiger partial charge < -0.3 is 10.1 Å². The van der Waals surface area contributed by atoms with Crippen LogP contribution in [0.15, 0.2) is 24.3 Å². The van der Waals surface area contributed by atoms with Crippen molar-refractivity contribution >= 4 is 5.69 Å². The molecule has 0 saturated heterocycles. The first-order valence-corrected chi connectivity index (χ1v) is 5.72. The Hall–Kier alpha value is -2.20. The van der Waals surface area contributed by atoms with Gasteiger partial charge in [-0.25, -0.2) is 0 Å². The molecule has 0 aromatic heterocycles. The SMILES string of the molecule is COc1ccc(NC(C#N)CC(C)(C)C#N)cc1. The van der Waals surface area contributed by atoms with Crippen LogP contribution in [0.2, 0.25) is 0 Å². The van der Waals surface area contributed by atoms with Gasteiger partial charge >= 0.3 is 0 Å². The smallest absolute Gasteiger partial charge is 0.119 e. The highest BCUT2D eigenvalue weighted by molar-refractivity contribution is 5.48. The molecule has 1 aromatic carbocycles. The summed E-state index contributed by atoms with van der Waals surface area (Å²) in [7, 11) is 1.61. The van der Waals surface area contributed by atoms with Crippen molar-refractivity contribution < 1.29 is 4.74 Å². The van der Waals surface area contributed by atoms with Crippen molar-refractivity contribution in [3.8, 4) is 17.9 Å². The first-order chi connectivity index (χ1) is 8.50. The van der Waals surface area contributed by atoms with Gasteiger partial charge in [-0.2, -0.15) is 10.5 Å². The number of benzene rings is 1. The van der Waals surface area contributed by atoms with E-state index in [0.29, 0.717) is 6.42 Å². The molecule has 0 bridgehead atoms. The molecule has 0 fully saturated rings. The molecule has 0 heterocycles. The van der Waals surface area contributed by atoms with E-state index in [1.807, 2.05) is 38.1 Å². The van der Waals surface area contributed by atoms with Crippen LogP contribution >= 0.6 is 0 Å². The van der Waals surface area contributed by atoms with Crippen molar-refractivity contribution in [2.24, 2.45) is 5.41 Å². The van der Waals surface area contributed by atoms with Crippen LogP contribution < -0.4 is 10.1 Å². The number of hydrogen-bond acceptors (Lipinski definition) is 4. The molecule has 0 aliphatic carbocycles. The zero-order valence-electron chi connectivity index (χ0n) is 10.9. The number of nitrogens with one attached hydrogen (secondary N) is 1. The van der Waals surface area contributed by atoms with Crippen molar-refractivity contribution in [3.05, 3.63) is 24.3 Å². The Kier molecular flexibility index (Phi) is 4.57. The summed E-state index contributed by atoms with van der Waals surface area (Å²) < 4.78 is 5.06. The summed E-state index contributed by atoms with van der Waals surface area (Å²) in [5.74, 6) is 0.770. The number of nitriles is 2. The minimum Gasteiger partial charge on any atom is -0.497 e. The molecule has 0 aliphatic rings. The molecule has 0 aliphatic heterocycles. The van der Waals surface area contributed by atoms with E-state index >= 15 is 0 Å². The highest BCUT2D eigenvalue weighted by Crippen LogP contribution is 2.23. The summed E-state index contributed by atoms with van der Waals surface area (Å²) in [5, 5.41) is 21.2. The maximum absolute atomic E-state index is 9.10. The molecule has 0 radical (unpaired) electrons. The molecule has 4 nitrogen and oxygen atoms in total. The first-order valence-electron chi connectivity index (χ1n) is 5.72. The Morgan fingerprint density at radius 2 is 1.89 bits per heavy atom. The Labute approximate surface area is 108 Å². The normalized spacial score (nSPS) is 12.1. The van der Waals surface area contributed by atoms with E-state index in [0.717, 1.165) is 11.4 Å². The number of hydrogen-bond donors (Lipinski definition) is 1. The van der Waals surface area contributed by atoms with Crippen LogP contribution in [0.5, 0.6) is 5.75 Å². The zero-order valence-corrected chi connectivity index (χ0v) is 10.9. The van der Waals surface area contributed by atoms with Gasteiger partial charge in [-0.05, 0) is 44.5 Å². The average Bonchev–Trinajstić information content (AvgIpc) is 2.38. The number of anilines is 1. The van der Waals surface area contributed by atoms with Crippen LogP contribution in [0, 0.1) is 28.1 Å². The third-order valence-electron chi connectivity index (χ3n) is 2.60. The minimum absolute atomic E-state index is 0.381. The summed E-state index contributed by atoms with van der Waals surface area (Å²) in [6, 6.07) is 11.3. The van der Waals surface area contributed by atoms with Gasteiger partial charge in [-0.15, -0.1) is 0 Å². The van der Waals surface area contributed by atoms with Gasteiger partial charge in [0.05, 0.1) is 24.7 Å². The Bertz CT molecular complexity index is 465. The molecule has 0 amide bonds. The molecule has 1 aromatic rings. The first kappa shape index (κ1) is 13.9. The fourth-order valence-electron chi connectivity index (χ4n) is 1.57. The molecule has 1 unspecified atom stereocenters. The summed E-state index contributed by atoms with van der Waals surface area (Å²) in [4.78, 5) is 0. The van der Waals surface area contributed by atoms with E-state index < -0.39 is 5.41 Å².